The molecule has 7 nitrogen and oxygen atoms in total. The third-order valence-corrected chi connectivity index (χ3v) is 4.75. The Bertz CT molecular complexity index is 678. The maximum Gasteiger partial charge on any atom is 0.243 e. The molecular weight excluding hydrogens is 320 g/mol. The zero-order valence-electron chi connectivity index (χ0n) is 13.2. The summed E-state index contributed by atoms with van der Waals surface area (Å²) < 4.78 is 30.3. The molecule has 1 fully saturated rings. The number of hydrogen-bond donors (Lipinski definition) is 0. The fourth-order valence-corrected chi connectivity index (χ4v) is 3.15. The molecule has 1 saturated heterocycles. The number of benzene rings is 1. The van der Waals surface area contributed by atoms with Gasteiger partial charge in [0.05, 0.1) is 25.2 Å². The van der Waals surface area contributed by atoms with Crippen molar-refractivity contribution in [1.29, 1.82) is 0 Å². The van der Waals surface area contributed by atoms with Crippen LogP contribution in [0, 0.1) is 0 Å². The molecule has 126 valence electrons. The minimum Gasteiger partial charge on any atom is -0.378 e. The summed E-state index contributed by atoms with van der Waals surface area (Å²) in [7, 11) is -3.62. The lowest BCUT2D eigenvalue weighted by molar-refractivity contribution is -0.133. The summed E-state index contributed by atoms with van der Waals surface area (Å²) >= 11 is 0. The standard InChI is InChI=1S/C15H20N2O5S/c1-12(18)13-3-5-14(6-4-13)17(23(2,20)21)11-15(19)16-7-9-22-10-8-16/h3-6H,7-11H2,1-2H3. The SMILES string of the molecule is CC(=O)c1ccc(N(CC(=O)N2CCOCC2)S(C)(=O)=O)cc1. The molecule has 0 N–H and O–H groups in total. The van der Waals surface area contributed by atoms with E-state index in [1.54, 1.807) is 17.0 Å². The Kier molecular flexibility index (Phi) is 5.38. The highest BCUT2D eigenvalue weighted by Gasteiger charge is 2.25. The van der Waals surface area contributed by atoms with Crippen molar-refractivity contribution in [2.45, 2.75) is 6.92 Å². The molecule has 0 saturated carbocycles. The van der Waals surface area contributed by atoms with Gasteiger partial charge in [0.25, 0.3) is 0 Å². The van der Waals surface area contributed by atoms with Gasteiger partial charge in [-0.15, -0.1) is 0 Å². The van der Waals surface area contributed by atoms with Crippen LogP contribution in [0.25, 0.3) is 0 Å². The van der Waals surface area contributed by atoms with Gasteiger partial charge in [-0.2, -0.15) is 0 Å². The molecule has 1 heterocycles. The van der Waals surface area contributed by atoms with Crippen molar-refractivity contribution in [3.8, 4) is 0 Å². The summed E-state index contributed by atoms with van der Waals surface area (Å²) in [5, 5.41) is 0. The van der Waals surface area contributed by atoms with Crippen LogP contribution in [0.5, 0.6) is 0 Å². The van der Waals surface area contributed by atoms with E-state index >= 15 is 0 Å². The first-order valence-corrected chi connectivity index (χ1v) is 9.08. The first-order valence-electron chi connectivity index (χ1n) is 7.23. The Hall–Kier alpha value is -1.93. The highest BCUT2D eigenvalue weighted by molar-refractivity contribution is 7.92. The normalized spacial score (nSPS) is 15.3. The van der Waals surface area contributed by atoms with Gasteiger partial charge in [0.1, 0.15) is 6.54 Å². The Morgan fingerprint density at radius 2 is 1.74 bits per heavy atom. The van der Waals surface area contributed by atoms with Crippen molar-refractivity contribution in [1.82, 2.24) is 4.90 Å². The number of anilines is 1. The quantitative estimate of drug-likeness (QED) is 0.730. The van der Waals surface area contributed by atoms with E-state index in [2.05, 4.69) is 0 Å². The summed E-state index contributed by atoms with van der Waals surface area (Å²) in [5.74, 6) is -0.374. The third kappa shape index (κ3) is 4.52. The molecule has 0 radical (unpaired) electrons. The summed E-state index contributed by atoms with van der Waals surface area (Å²) in [4.78, 5) is 25.2. The average molecular weight is 340 g/mol. The molecule has 1 aliphatic rings. The monoisotopic (exact) mass is 340 g/mol. The number of morpholine rings is 1. The van der Waals surface area contributed by atoms with Crippen LogP contribution in [-0.4, -0.2) is 64.1 Å². The second-order valence-electron chi connectivity index (χ2n) is 5.37. The molecule has 1 aliphatic heterocycles. The van der Waals surface area contributed by atoms with E-state index in [1.807, 2.05) is 0 Å². The number of carbonyl (C=O) groups excluding carboxylic acids is 2. The van der Waals surface area contributed by atoms with Crippen molar-refractivity contribution in [2.24, 2.45) is 0 Å². The number of ketones is 1. The number of sulfonamides is 1. The van der Waals surface area contributed by atoms with E-state index in [1.165, 1.54) is 19.1 Å². The van der Waals surface area contributed by atoms with E-state index in [0.717, 1.165) is 10.6 Å². The van der Waals surface area contributed by atoms with Crippen LogP contribution in [0.4, 0.5) is 5.69 Å². The van der Waals surface area contributed by atoms with E-state index in [4.69, 9.17) is 4.74 Å². The zero-order chi connectivity index (χ0) is 17.0. The Morgan fingerprint density at radius 1 is 1.17 bits per heavy atom. The highest BCUT2D eigenvalue weighted by atomic mass is 32.2. The second kappa shape index (κ2) is 7.10. The lowest BCUT2D eigenvalue weighted by Crippen LogP contribution is -2.47. The molecular formula is C15H20N2O5S. The number of carbonyl (C=O) groups is 2. The largest absolute Gasteiger partial charge is 0.378 e. The van der Waals surface area contributed by atoms with Crippen molar-refractivity contribution in [3.05, 3.63) is 29.8 Å². The number of ether oxygens (including phenoxy) is 1. The molecule has 2 rings (SSSR count). The Balaban J connectivity index is 2.20. The molecule has 8 heteroatoms. The van der Waals surface area contributed by atoms with Gasteiger partial charge in [-0.25, -0.2) is 8.42 Å². The molecule has 0 bridgehead atoms. The van der Waals surface area contributed by atoms with E-state index in [-0.39, 0.29) is 18.2 Å². The van der Waals surface area contributed by atoms with Crippen molar-refractivity contribution in [2.75, 3.05) is 43.4 Å². The molecule has 0 aromatic heterocycles. The predicted octanol–water partition coefficient (Wildman–Crippen LogP) is 0.514. The third-order valence-electron chi connectivity index (χ3n) is 3.60. The first-order chi connectivity index (χ1) is 10.8. The minimum atomic E-state index is -3.62. The van der Waals surface area contributed by atoms with Crippen LogP contribution in [0.3, 0.4) is 0 Å². The summed E-state index contributed by atoms with van der Waals surface area (Å²) in [6.07, 6.45) is 1.05. The average Bonchev–Trinajstić information content (AvgIpc) is 2.52. The van der Waals surface area contributed by atoms with Gasteiger partial charge in [0, 0.05) is 18.7 Å². The fourth-order valence-electron chi connectivity index (χ4n) is 2.30. The van der Waals surface area contributed by atoms with Crippen molar-refractivity contribution < 1.29 is 22.7 Å². The first kappa shape index (κ1) is 17.4. The zero-order valence-corrected chi connectivity index (χ0v) is 14.0. The van der Waals surface area contributed by atoms with E-state index < -0.39 is 10.0 Å². The molecule has 1 amide bonds. The molecule has 0 unspecified atom stereocenters. The maximum absolute atomic E-state index is 12.3. The smallest absolute Gasteiger partial charge is 0.243 e. The Labute approximate surface area is 135 Å². The van der Waals surface area contributed by atoms with Crippen LogP contribution < -0.4 is 4.31 Å². The lowest BCUT2D eigenvalue weighted by atomic mass is 10.1. The molecule has 0 spiro atoms. The van der Waals surface area contributed by atoms with Gasteiger partial charge in [0.15, 0.2) is 5.78 Å². The fraction of sp³-hybridized carbons (Fsp3) is 0.467. The number of rotatable bonds is 5. The summed E-state index contributed by atoms with van der Waals surface area (Å²) in [6.45, 7) is 3.00. The van der Waals surface area contributed by atoms with Crippen LogP contribution in [-0.2, 0) is 19.6 Å². The van der Waals surface area contributed by atoms with E-state index in [9.17, 15) is 18.0 Å². The van der Waals surface area contributed by atoms with Gasteiger partial charge < -0.3 is 9.64 Å². The predicted molar refractivity (Wildman–Crippen MR) is 86.0 cm³/mol. The maximum atomic E-state index is 12.3. The molecule has 0 aliphatic carbocycles. The van der Waals surface area contributed by atoms with Gasteiger partial charge >= 0.3 is 0 Å². The topological polar surface area (TPSA) is 84.0 Å². The van der Waals surface area contributed by atoms with Crippen molar-refractivity contribution in [3.63, 3.8) is 0 Å². The number of Topliss-reactive ketones (excluding diaryl/α,β-unsaturated/α-hetero) is 1. The number of hydrogen-bond acceptors (Lipinski definition) is 5. The molecule has 23 heavy (non-hydrogen) atoms. The number of nitrogens with zero attached hydrogens (tertiary/aromatic N) is 2. The van der Waals surface area contributed by atoms with Gasteiger partial charge in [-0.05, 0) is 31.2 Å². The van der Waals surface area contributed by atoms with Crippen LogP contribution >= 0.6 is 0 Å². The molecule has 0 atom stereocenters. The van der Waals surface area contributed by atoms with Crippen LogP contribution in [0.15, 0.2) is 24.3 Å². The van der Waals surface area contributed by atoms with Crippen LogP contribution in [0.2, 0.25) is 0 Å². The highest BCUT2D eigenvalue weighted by Crippen LogP contribution is 2.19. The van der Waals surface area contributed by atoms with Gasteiger partial charge in [0.2, 0.25) is 15.9 Å². The molecule has 1 aromatic carbocycles. The van der Waals surface area contributed by atoms with Gasteiger partial charge in [-0.3, -0.25) is 13.9 Å². The summed E-state index contributed by atoms with van der Waals surface area (Å²) in [5.41, 5.74) is 0.848. The lowest BCUT2D eigenvalue weighted by Gasteiger charge is -2.30. The van der Waals surface area contributed by atoms with E-state index in [0.29, 0.717) is 37.6 Å². The van der Waals surface area contributed by atoms with Crippen molar-refractivity contribution >= 4 is 27.4 Å². The molecule has 1 aromatic rings. The summed E-state index contributed by atoms with van der Waals surface area (Å²) in [6, 6.07) is 6.17. The van der Waals surface area contributed by atoms with Crippen LogP contribution in [0.1, 0.15) is 17.3 Å². The van der Waals surface area contributed by atoms with Gasteiger partial charge in [-0.1, -0.05) is 0 Å². The Morgan fingerprint density at radius 3 is 2.22 bits per heavy atom. The second-order valence-corrected chi connectivity index (χ2v) is 7.27. The number of amides is 1. The minimum absolute atomic E-state index is 0.105.